The molecular formula is C33H46N2O4. The highest BCUT2D eigenvalue weighted by Gasteiger charge is 2.08. The van der Waals surface area contributed by atoms with Gasteiger partial charge in [0.2, 0.25) is 5.91 Å². The van der Waals surface area contributed by atoms with Crippen LogP contribution in [0.15, 0.2) is 97.2 Å². The van der Waals surface area contributed by atoms with Gasteiger partial charge in [0.05, 0.1) is 18.8 Å². The van der Waals surface area contributed by atoms with Gasteiger partial charge in [0.15, 0.2) is 0 Å². The SMILES string of the molecule is CCC=CCC=CCC=CCC=CCC=CCC=CCCC(=O)NCCOCCNC(=O)c1ccccc1O. The Balaban J connectivity index is 1.93. The molecule has 0 saturated carbocycles. The van der Waals surface area contributed by atoms with Crippen LogP contribution in [0.4, 0.5) is 0 Å². The predicted octanol–water partition coefficient (Wildman–Crippen LogP) is 6.73. The molecule has 0 aliphatic rings. The van der Waals surface area contributed by atoms with E-state index >= 15 is 0 Å². The van der Waals surface area contributed by atoms with Gasteiger partial charge in [-0.2, -0.15) is 0 Å². The zero-order chi connectivity index (χ0) is 28.2. The summed E-state index contributed by atoms with van der Waals surface area (Å²) in [6.07, 6.45) is 33.0. The Kier molecular flexibility index (Phi) is 21.1. The zero-order valence-electron chi connectivity index (χ0n) is 23.4. The Labute approximate surface area is 234 Å². The molecule has 0 unspecified atom stereocenters. The fourth-order valence-corrected chi connectivity index (χ4v) is 3.30. The maximum atomic E-state index is 12.0. The van der Waals surface area contributed by atoms with Gasteiger partial charge in [-0.05, 0) is 57.1 Å². The van der Waals surface area contributed by atoms with Crippen molar-refractivity contribution in [3.8, 4) is 5.75 Å². The number of hydrogen-bond donors (Lipinski definition) is 3. The molecule has 0 radical (unpaired) electrons. The van der Waals surface area contributed by atoms with Crippen molar-refractivity contribution in [3.63, 3.8) is 0 Å². The van der Waals surface area contributed by atoms with Crippen molar-refractivity contribution in [2.24, 2.45) is 0 Å². The number of allylic oxidation sites excluding steroid dienone is 12. The summed E-state index contributed by atoms with van der Waals surface area (Å²) >= 11 is 0. The maximum Gasteiger partial charge on any atom is 0.255 e. The predicted molar refractivity (Wildman–Crippen MR) is 162 cm³/mol. The first-order valence-corrected chi connectivity index (χ1v) is 14.0. The van der Waals surface area contributed by atoms with Crippen LogP contribution in [0.2, 0.25) is 0 Å². The lowest BCUT2D eigenvalue weighted by molar-refractivity contribution is -0.121. The summed E-state index contributed by atoms with van der Waals surface area (Å²) in [5.41, 5.74) is 0.233. The monoisotopic (exact) mass is 534 g/mol. The number of phenolic OH excluding ortho intramolecular Hbond substituents is 1. The summed E-state index contributed by atoms with van der Waals surface area (Å²) in [5, 5.41) is 15.2. The lowest BCUT2D eigenvalue weighted by Crippen LogP contribution is -2.30. The molecule has 212 valence electrons. The summed E-state index contributed by atoms with van der Waals surface area (Å²) in [6, 6.07) is 6.38. The Hall–Kier alpha value is -3.64. The van der Waals surface area contributed by atoms with Crippen LogP contribution in [0.25, 0.3) is 0 Å². The van der Waals surface area contributed by atoms with Crippen molar-refractivity contribution in [1.82, 2.24) is 10.6 Å². The molecule has 1 aromatic rings. The van der Waals surface area contributed by atoms with Gasteiger partial charge >= 0.3 is 0 Å². The normalized spacial score (nSPS) is 12.2. The van der Waals surface area contributed by atoms with E-state index in [0.29, 0.717) is 39.1 Å². The van der Waals surface area contributed by atoms with Crippen LogP contribution in [0.3, 0.4) is 0 Å². The molecule has 39 heavy (non-hydrogen) atoms. The number of aromatic hydroxyl groups is 1. The minimum Gasteiger partial charge on any atom is -0.507 e. The van der Waals surface area contributed by atoms with Crippen LogP contribution in [0.5, 0.6) is 5.75 Å². The number of carbonyl (C=O) groups excluding carboxylic acids is 2. The molecule has 0 aromatic heterocycles. The smallest absolute Gasteiger partial charge is 0.255 e. The molecule has 1 aromatic carbocycles. The zero-order valence-corrected chi connectivity index (χ0v) is 23.4. The quantitative estimate of drug-likeness (QED) is 0.120. The van der Waals surface area contributed by atoms with Crippen LogP contribution in [0, 0.1) is 0 Å². The molecule has 2 amide bonds. The van der Waals surface area contributed by atoms with Crippen molar-refractivity contribution in [2.75, 3.05) is 26.3 Å². The second-order valence-electron chi connectivity index (χ2n) is 8.69. The Morgan fingerprint density at radius 1 is 0.718 bits per heavy atom. The van der Waals surface area contributed by atoms with Crippen molar-refractivity contribution >= 4 is 11.8 Å². The second kappa shape index (κ2) is 24.7. The fraction of sp³-hybridized carbons (Fsp3) is 0.394. The average molecular weight is 535 g/mol. The number of nitrogens with one attached hydrogen (secondary N) is 2. The van der Waals surface area contributed by atoms with Crippen molar-refractivity contribution in [1.29, 1.82) is 0 Å². The van der Waals surface area contributed by atoms with E-state index in [1.807, 2.05) is 6.08 Å². The van der Waals surface area contributed by atoms with E-state index in [-0.39, 0.29) is 23.1 Å². The van der Waals surface area contributed by atoms with E-state index < -0.39 is 0 Å². The number of hydrogen-bond acceptors (Lipinski definition) is 4. The molecule has 3 N–H and O–H groups in total. The van der Waals surface area contributed by atoms with E-state index in [1.165, 1.54) is 6.07 Å². The first kappa shape index (κ1) is 33.4. The van der Waals surface area contributed by atoms with Gasteiger partial charge < -0.3 is 20.5 Å². The van der Waals surface area contributed by atoms with Crippen molar-refractivity contribution in [3.05, 3.63) is 103 Å². The third kappa shape index (κ3) is 20.1. The second-order valence-corrected chi connectivity index (χ2v) is 8.69. The third-order valence-corrected chi connectivity index (χ3v) is 5.38. The van der Waals surface area contributed by atoms with E-state index in [9.17, 15) is 14.7 Å². The molecule has 0 aliphatic carbocycles. The molecule has 0 atom stereocenters. The van der Waals surface area contributed by atoms with Crippen LogP contribution in [-0.4, -0.2) is 43.2 Å². The lowest BCUT2D eigenvalue weighted by atomic mass is 10.2. The third-order valence-electron chi connectivity index (χ3n) is 5.38. The largest absolute Gasteiger partial charge is 0.507 e. The maximum absolute atomic E-state index is 12.0. The van der Waals surface area contributed by atoms with Crippen molar-refractivity contribution < 1.29 is 19.4 Å². The van der Waals surface area contributed by atoms with Gasteiger partial charge in [0.25, 0.3) is 5.91 Å². The summed E-state index contributed by atoms with van der Waals surface area (Å²) in [7, 11) is 0. The highest BCUT2D eigenvalue weighted by atomic mass is 16.5. The van der Waals surface area contributed by atoms with E-state index in [1.54, 1.807) is 18.2 Å². The molecule has 0 spiro atoms. The van der Waals surface area contributed by atoms with Gasteiger partial charge in [0.1, 0.15) is 5.75 Å². The molecular weight excluding hydrogens is 488 g/mol. The van der Waals surface area contributed by atoms with Crippen molar-refractivity contribution in [2.45, 2.75) is 58.3 Å². The minimum absolute atomic E-state index is 0.00835. The molecule has 0 bridgehead atoms. The number of rotatable bonds is 21. The van der Waals surface area contributed by atoms with Gasteiger partial charge in [-0.15, -0.1) is 0 Å². The Morgan fingerprint density at radius 2 is 1.21 bits per heavy atom. The number of amides is 2. The molecule has 0 heterocycles. The lowest BCUT2D eigenvalue weighted by Gasteiger charge is -2.08. The summed E-state index contributed by atoms with van der Waals surface area (Å²) in [5.74, 6) is -0.409. The van der Waals surface area contributed by atoms with E-state index in [4.69, 9.17) is 4.74 Å². The topological polar surface area (TPSA) is 87.7 Å². The van der Waals surface area contributed by atoms with Crippen LogP contribution in [-0.2, 0) is 9.53 Å². The molecule has 6 heteroatoms. The Bertz CT molecular complexity index is 974. The number of phenols is 1. The molecule has 0 fully saturated rings. The molecule has 6 nitrogen and oxygen atoms in total. The number of carbonyl (C=O) groups is 2. The number of benzene rings is 1. The van der Waals surface area contributed by atoms with Crippen LogP contribution >= 0.6 is 0 Å². The molecule has 1 rings (SSSR count). The van der Waals surface area contributed by atoms with Gasteiger partial charge in [-0.3, -0.25) is 9.59 Å². The first-order valence-electron chi connectivity index (χ1n) is 14.0. The minimum atomic E-state index is -0.348. The van der Waals surface area contributed by atoms with Crippen LogP contribution in [0.1, 0.15) is 68.6 Å². The molecule has 0 aliphatic heterocycles. The van der Waals surface area contributed by atoms with Gasteiger partial charge in [-0.1, -0.05) is 92.0 Å². The summed E-state index contributed by atoms with van der Waals surface area (Å²) < 4.78 is 5.42. The van der Waals surface area contributed by atoms with E-state index in [2.05, 4.69) is 84.4 Å². The Morgan fingerprint density at radius 3 is 1.74 bits per heavy atom. The fourth-order valence-electron chi connectivity index (χ4n) is 3.30. The van der Waals surface area contributed by atoms with Gasteiger partial charge in [0, 0.05) is 19.5 Å². The van der Waals surface area contributed by atoms with Gasteiger partial charge in [-0.25, -0.2) is 0 Å². The number of ether oxygens (including phenoxy) is 1. The number of para-hydroxylation sites is 1. The van der Waals surface area contributed by atoms with Crippen LogP contribution < -0.4 is 10.6 Å². The average Bonchev–Trinajstić information content (AvgIpc) is 2.94. The standard InChI is InChI=1S/C33H46N2O4/c1-2-3-4-5-6-7-8-9-10-11-12-13-14-15-16-17-18-19-20-25-32(37)34-26-28-39-29-27-35-33(38)30-23-21-22-24-31(30)36/h3-4,6-7,9-10,12-13,15-16,18-19,21-24,36H,2,5,8,11,14,17,20,25-29H2,1H3,(H,34,37)(H,35,38). The highest BCUT2D eigenvalue weighted by Crippen LogP contribution is 2.14. The summed E-state index contributed by atoms with van der Waals surface area (Å²) in [6.45, 7) is 3.60. The first-order chi connectivity index (χ1) is 19.1. The highest BCUT2D eigenvalue weighted by molar-refractivity contribution is 5.96. The molecule has 0 saturated heterocycles. The summed E-state index contributed by atoms with van der Waals surface area (Å²) in [4.78, 5) is 23.8. The van der Waals surface area contributed by atoms with E-state index in [0.717, 1.165) is 38.5 Å².